The van der Waals surface area contributed by atoms with Gasteiger partial charge >= 0.3 is 5.97 Å². The third-order valence-electron chi connectivity index (χ3n) is 2.26. The Bertz CT molecular complexity index is 494. The Morgan fingerprint density at radius 1 is 1.37 bits per heavy atom. The standard InChI is InChI=1S/C14H17NO4/c1-4-19-13(16)8-10(2)15-14(17)11-6-5-7-12(9-11)18-3/h5-9H,4H2,1-3H3,(H,15,17)/b10-8+. The highest BCUT2D eigenvalue weighted by molar-refractivity contribution is 5.96. The van der Waals surface area contributed by atoms with Crippen LogP contribution in [0.15, 0.2) is 36.0 Å². The lowest BCUT2D eigenvalue weighted by Gasteiger charge is -2.06. The molecule has 0 fully saturated rings. The molecule has 0 heterocycles. The van der Waals surface area contributed by atoms with Crippen molar-refractivity contribution in [3.63, 3.8) is 0 Å². The van der Waals surface area contributed by atoms with Crippen molar-refractivity contribution >= 4 is 11.9 Å². The number of hydrogen-bond acceptors (Lipinski definition) is 4. The number of allylic oxidation sites excluding steroid dienone is 1. The smallest absolute Gasteiger partial charge is 0.332 e. The van der Waals surface area contributed by atoms with Crippen LogP contribution < -0.4 is 10.1 Å². The van der Waals surface area contributed by atoms with Gasteiger partial charge in [-0.15, -0.1) is 0 Å². The summed E-state index contributed by atoms with van der Waals surface area (Å²) in [6.07, 6.45) is 1.24. The van der Waals surface area contributed by atoms with Crippen LogP contribution >= 0.6 is 0 Å². The number of rotatable bonds is 5. The Morgan fingerprint density at radius 3 is 2.74 bits per heavy atom. The van der Waals surface area contributed by atoms with E-state index in [1.807, 2.05) is 0 Å². The molecule has 0 atom stereocenters. The molecule has 102 valence electrons. The van der Waals surface area contributed by atoms with E-state index in [1.165, 1.54) is 13.2 Å². The lowest BCUT2D eigenvalue weighted by Crippen LogP contribution is -2.22. The molecule has 5 nitrogen and oxygen atoms in total. The molecule has 1 N–H and O–H groups in total. The predicted octanol–water partition coefficient (Wildman–Crippen LogP) is 1.89. The number of carbonyl (C=O) groups is 2. The number of esters is 1. The Hall–Kier alpha value is -2.30. The van der Waals surface area contributed by atoms with Gasteiger partial charge in [0.05, 0.1) is 13.7 Å². The molecule has 1 aromatic rings. The zero-order chi connectivity index (χ0) is 14.3. The van der Waals surface area contributed by atoms with Gasteiger partial charge in [0, 0.05) is 17.3 Å². The second-order valence-electron chi connectivity index (χ2n) is 3.77. The fourth-order valence-electron chi connectivity index (χ4n) is 1.41. The monoisotopic (exact) mass is 263 g/mol. The van der Waals surface area contributed by atoms with E-state index in [0.29, 0.717) is 23.6 Å². The van der Waals surface area contributed by atoms with Gasteiger partial charge in [-0.3, -0.25) is 4.79 Å². The van der Waals surface area contributed by atoms with Crippen molar-refractivity contribution < 1.29 is 19.1 Å². The molecule has 0 radical (unpaired) electrons. The molecule has 0 aliphatic carbocycles. The zero-order valence-electron chi connectivity index (χ0n) is 11.2. The van der Waals surface area contributed by atoms with Crippen LogP contribution in [0.25, 0.3) is 0 Å². The van der Waals surface area contributed by atoms with Crippen molar-refractivity contribution in [2.75, 3.05) is 13.7 Å². The summed E-state index contributed by atoms with van der Waals surface area (Å²) in [5.74, 6) is -0.192. The summed E-state index contributed by atoms with van der Waals surface area (Å²) >= 11 is 0. The van der Waals surface area contributed by atoms with Crippen LogP contribution in [0, 0.1) is 0 Å². The van der Waals surface area contributed by atoms with Gasteiger partial charge in [-0.2, -0.15) is 0 Å². The topological polar surface area (TPSA) is 64.6 Å². The number of hydrogen-bond donors (Lipinski definition) is 1. The zero-order valence-corrected chi connectivity index (χ0v) is 11.2. The van der Waals surface area contributed by atoms with Gasteiger partial charge in [0.2, 0.25) is 0 Å². The maximum Gasteiger partial charge on any atom is 0.332 e. The van der Waals surface area contributed by atoms with Crippen molar-refractivity contribution in [3.05, 3.63) is 41.6 Å². The molecule has 1 aromatic carbocycles. The molecule has 0 saturated heterocycles. The van der Waals surface area contributed by atoms with Crippen LogP contribution in [0.1, 0.15) is 24.2 Å². The number of carbonyl (C=O) groups excluding carboxylic acids is 2. The number of nitrogens with one attached hydrogen (secondary N) is 1. The van der Waals surface area contributed by atoms with Crippen molar-refractivity contribution in [2.45, 2.75) is 13.8 Å². The number of ether oxygens (including phenoxy) is 2. The average molecular weight is 263 g/mol. The number of amides is 1. The van der Waals surface area contributed by atoms with E-state index in [2.05, 4.69) is 5.32 Å². The molecule has 0 unspecified atom stereocenters. The Labute approximate surface area is 112 Å². The van der Waals surface area contributed by atoms with Crippen molar-refractivity contribution in [1.82, 2.24) is 5.32 Å². The van der Waals surface area contributed by atoms with Gasteiger partial charge in [0.15, 0.2) is 0 Å². The molecule has 0 aliphatic rings. The molecular formula is C14H17NO4. The van der Waals surface area contributed by atoms with Gasteiger partial charge in [-0.05, 0) is 32.0 Å². The summed E-state index contributed by atoms with van der Waals surface area (Å²) in [5, 5.41) is 2.60. The molecule has 0 aliphatic heterocycles. The summed E-state index contributed by atoms with van der Waals surface area (Å²) in [5.41, 5.74) is 0.877. The number of methoxy groups -OCH3 is 1. The van der Waals surface area contributed by atoms with Gasteiger partial charge < -0.3 is 14.8 Å². The molecule has 5 heteroatoms. The Kier molecular flexibility index (Phi) is 5.60. The first-order valence-electron chi connectivity index (χ1n) is 5.87. The van der Waals surface area contributed by atoms with E-state index in [-0.39, 0.29) is 5.91 Å². The summed E-state index contributed by atoms with van der Waals surface area (Å²) in [4.78, 5) is 23.1. The summed E-state index contributed by atoms with van der Waals surface area (Å²) in [6.45, 7) is 3.64. The van der Waals surface area contributed by atoms with E-state index < -0.39 is 5.97 Å². The fourth-order valence-corrected chi connectivity index (χ4v) is 1.41. The molecule has 1 amide bonds. The highest BCUT2D eigenvalue weighted by Gasteiger charge is 2.07. The van der Waals surface area contributed by atoms with Crippen LogP contribution in [-0.4, -0.2) is 25.6 Å². The third-order valence-corrected chi connectivity index (χ3v) is 2.26. The highest BCUT2D eigenvalue weighted by Crippen LogP contribution is 2.12. The first-order valence-corrected chi connectivity index (χ1v) is 5.87. The second-order valence-corrected chi connectivity index (χ2v) is 3.77. The predicted molar refractivity (Wildman–Crippen MR) is 70.9 cm³/mol. The minimum Gasteiger partial charge on any atom is -0.497 e. The molecular weight excluding hydrogens is 246 g/mol. The van der Waals surface area contributed by atoms with E-state index in [1.54, 1.807) is 38.1 Å². The van der Waals surface area contributed by atoms with Crippen molar-refractivity contribution in [1.29, 1.82) is 0 Å². The molecule has 0 saturated carbocycles. The normalized spacial score (nSPS) is 10.8. The lowest BCUT2D eigenvalue weighted by molar-refractivity contribution is -0.137. The fraction of sp³-hybridized carbons (Fsp3) is 0.286. The average Bonchev–Trinajstić information content (AvgIpc) is 2.38. The maximum atomic E-state index is 11.9. The quantitative estimate of drug-likeness (QED) is 0.651. The minimum absolute atomic E-state index is 0.298. The first kappa shape index (κ1) is 14.8. The summed E-state index contributed by atoms with van der Waals surface area (Å²) in [6, 6.07) is 6.75. The molecule has 1 rings (SSSR count). The summed E-state index contributed by atoms with van der Waals surface area (Å²) < 4.78 is 9.79. The molecule has 0 aromatic heterocycles. The van der Waals surface area contributed by atoms with Gasteiger partial charge in [0.1, 0.15) is 5.75 Å². The van der Waals surface area contributed by atoms with E-state index in [0.717, 1.165) is 0 Å². The van der Waals surface area contributed by atoms with Crippen LogP contribution in [0.2, 0.25) is 0 Å². The van der Waals surface area contributed by atoms with Gasteiger partial charge in [0.25, 0.3) is 5.91 Å². The largest absolute Gasteiger partial charge is 0.497 e. The molecule has 19 heavy (non-hydrogen) atoms. The number of benzene rings is 1. The van der Waals surface area contributed by atoms with E-state index >= 15 is 0 Å². The van der Waals surface area contributed by atoms with Crippen LogP contribution in [-0.2, 0) is 9.53 Å². The Morgan fingerprint density at radius 2 is 2.11 bits per heavy atom. The third kappa shape index (κ3) is 4.83. The van der Waals surface area contributed by atoms with E-state index in [4.69, 9.17) is 9.47 Å². The van der Waals surface area contributed by atoms with Gasteiger partial charge in [-0.1, -0.05) is 6.07 Å². The van der Waals surface area contributed by atoms with Crippen LogP contribution in [0.3, 0.4) is 0 Å². The first-order chi connectivity index (χ1) is 9.06. The SMILES string of the molecule is CCOC(=O)/C=C(\C)NC(=O)c1cccc(OC)c1. The van der Waals surface area contributed by atoms with Crippen LogP contribution in [0.5, 0.6) is 5.75 Å². The second kappa shape index (κ2) is 7.20. The summed E-state index contributed by atoms with van der Waals surface area (Å²) in [7, 11) is 1.53. The van der Waals surface area contributed by atoms with Crippen molar-refractivity contribution in [2.24, 2.45) is 0 Å². The van der Waals surface area contributed by atoms with Crippen molar-refractivity contribution in [3.8, 4) is 5.75 Å². The maximum absolute atomic E-state index is 11.9. The van der Waals surface area contributed by atoms with Gasteiger partial charge in [-0.25, -0.2) is 4.79 Å². The molecule has 0 bridgehead atoms. The van der Waals surface area contributed by atoms with E-state index in [9.17, 15) is 9.59 Å². The minimum atomic E-state index is -0.481. The lowest BCUT2D eigenvalue weighted by atomic mass is 10.2. The molecule has 0 spiro atoms. The Balaban J connectivity index is 2.71. The highest BCUT2D eigenvalue weighted by atomic mass is 16.5. The van der Waals surface area contributed by atoms with Crippen LogP contribution in [0.4, 0.5) is 0 Å².